The highest BCUT2D eigenvalue weighted by Crippen LogP contribution is 2.20. The minimum Gasteiger partial charge on any atom is -0.282 e. The Bertz CT molecular complexity index is 646. The minimum atomic E-state index is -4.17. The molecule has 0 atom stereocenters. The van der Waals surface area contributed by atoms with Crippen molar-refractivity contribution >= 4 is 10.1 Å². The van der Waals surface area contributed by atoms with Crippen molar-refractivity contribution in [2.24, 2.45) is 0 Å². The summed E-state index contributed by atoms with van der Waals surface area (Å²) in [4.78, 5) is -0.0167. The Kier molecular flexibility index (Phi) is 3.50. The molecule has 1 N–H and O–H groups in total. The molecule has 2 aromatic carbocycles. The molecule has 0 aliphatic carbocycles. The van der Waals surface area contributed by atoms with Gasteiger partial charge in [-0.25, -0.2) is 0 Å². The highest BCUT2D eigenvalue weighted by atomic mass is 32.2. The Morgan fingerprint density at radius 2 is 1.72 bits per heavy atom. The number of benzene rings is 2. The first kappa shape index (κ1) is 12.8. The third-order valence-electron chi connectivity index (χ3n) is 2.73. The van der Waals surface area contributed by atoms with Crippen LogP contribution in [0.5, 0.6) is 0 Å². The van der Waals surface area contributed by atoms with Crippen LogP contribution < -0.4 is 0 Å². The molecule has 94 valence electrons. The molecule has 0 saturated heterocycles. The quantitative estimate of drug-likeness (QED) is 0.865. The molecule has 0 amide bonds. The minimum absolute atomic E-state index is 0.0167. The first-order valence-electron chi connectivity index (χ1n) is 5.58. The van der Waals surface area contributed by atoms with E-state index >= 15 is 0 Å². The van der Waals surface area contributed by atoms with E-state index in [0.29, 0.717) is 12.0 Å². The summed E-state index contributed by atoms with van der Waals surface area (Å²) in [5.41, 5.74) is 2.59. The van der Waals surface area contributed by atoms with Gasteiger partial charge in [0.2, 0.25) is 0 Å². The van der Waals surface area contributed by atoms with Crippen LogP contribution in [0.15, 0.2) is 53.4 Å². The standard InChI is InChI=1S/C14H14O3S/c1-11-7-8-14(18(15,16)17)13(9-11)10-12-5-3-2-4-6-12/h2-9H,10H2,1H3,(H,15,16,17). The lowest BCUT2D eigenvalue weighted by molar-refractivity contribution is 0.482. The molecule has 0 aromatic heterocycles. The maximum atomic E-state index is 11.3. The van der Waals surface area contributed by atoms with Crippen molar-refractivity contribution in [3.05, 3.63) is 65.2 Å². The average Bonchev–Trinajstić information content (AvgIpc) is 2.28. The maximum absolute atomic E-state index is 11.3. The first-order chi connectivity index (χ1) is 8.47. The Balaban J connectivity index is 2.47. The molecule has 2 aromatic rings. The Hall–Kier alpha value is -1.65. The maximum Gasteiger partial charge on any atom is 0.294 e. The zero-order valence-corrected chi connectivity index (χ0v) is 10.8. The summed E-state index contributed by atoms with van der Waals surface area (Å²) in [5, 5.41) is 0. The third kappa shape index (κ3) is 2.97. The highest BCUT2D eigenvalue weighted by Gasteiger charge is 2.15. The van der Waals surface area contributed by atoms with Gasteiger partial charge >= 0.3 is 0 Å². The Morgan fingerprint density at radius 3 is 2.33 bits per heavy atom. The lowest BCUT2D eigenvalue weighted by Crippen LogP contribution is -2.04. The van der Waals surface area contributed by atoms with Crippen LogP contribution in [0.4, 0.5) is 0 Å². The molecule has 0 bridgehead atoms. The van der Waals surface area contributed by atoms with Gasteiger partial charge < -0.3 is 0 Å². The predicted molar refractivity (Wildman–Crippen MR) is 70.2 cm³/mol. The van der Waals surface area contributed by atoms with Gasteiger partial charge in [0.1, 0.15) is 0 Å². The normalized spacial score (nSPS) is 11.4. The SMILES string of the molecule is Cc1ccc(S(=O)(=O)O)c(Cc2ccccc2)c1. The number of hydrogen-bond acceptors (Lipinski definition) is 2. The van der Waals surface area contributed by atoms with Crippen molar-refractivity contribution in [1.82, 2.24) is 0 Å². The zero-order chi connectivity index (χ0) is 13.2. The van der Waals surface area contributed by atoms with Crippen LogP contribution in [-0.2, 0) is 16.5 Å². The Labute approximate surface area is 107 Å². The molecule has 0 fully saturated rings. The fourth-order valence-electron chi connectivity index (χ4n) is 1.91. The second kappa shape index (κ2) is 4.92. The Morgan fingerprint density at radius 1 is 1.06 bits per heavy atom. The predicted octanol–water partition coefficient (Wildman–Crippen LogP) is 2.83. The van der Waals surface area contributed by atoms with E-state index in [4.69, 9.17) is 0 Å². The van der Waals surface area contributed by atoms with Gasteiger partial charge in [0.15, 0.2) is 0 Å². The van der Waals surface area contributed by atoms with E-state index in [1.807, 2.05) is 37.3 Å². The van der Waals surface area contributed by atoms with Gasteiger partial charge in [-0.3, -0.25) is 4.55 Å². The van der Waals surface area contributed by atoms with E-state index in [2.05, 4.69) is 0 Å². The smallest absolute Gasteiger partial charge is 0.282 e. The molecule has 0 radical (unpaired) electrons. The van der Waals surface area contributed by atoms with E-state index in [1.165, 1.54) is 6.07 Å². The summed E-state index contributed by atoms with van der Waals surface area (Å²) < 4.78 is 31.8. The lowest BCUT2D eigenvalue weighted by Gasteiger charge is -2.08. The molecule has 18 heavy (non-hydrogen) atoms. The summed E-state index contributed by atoms with van der Waals surface area (Å²) in [5.74, 6) is 0. The van der Waals surface area contributed by atoms with E-state index in [1.54, 1.807) is 12.1 Å². The van der Waals surface area contributed by atoms with Crippen LogP contribution in [0.1, 0.15) is 16.7 Å². The zero-order valence-electron chi connectivity index (χ0n) is 10.00. The fourth-order valence-corrected chi connectivity index (χ4v) is 2.62. The summed E-state index contributed by atoms with van der Waals surface area (Å²) in [7, 11) is -4.17. The van der Waals surface area contributed by atoms with Gasteiger partial charge in [-0.1, -0.05) is 48.0 Å². The fraction of sp³-hybridized carbons (Fsp3) is 0.143. The van der Waals surface area contributed by atoms with Crippen molar-refractivity contribution in [3.63, 3.8) is 0 Å². The molecule has 0 saturated carbocycles. The average molecular weight is 262 g/mol. The lowest BCUT2D eigenvalue weighted by atomic mass is 10.0. The molecule has 4 heteroatoms. The van der Waals surface area contributed by atoms with E-state index in [0.717, 1.165) is 11.1 Å². The summed E-state index contributed by atoms with van der Waals surface area (Å²) in [6.45, 7) is 1.89. The van der Waals surface area contributed by atoms with E-state index in [9.17, 15) is 13.0 Å². The molecule has 0 heterocycles. The van der Waals surface area contributed by atoms with E-state index in [-0.39, 0.29) is 4.90 Å². The van der Waals surface area contributed by atoms with E-state index < -0.39 is 10.1 Å². The summed E-state index contributed by atoms with van der Waals surface area (Å²) >= 11 is 0. The molecule has 0 aliphatic rings. The number of rotatable bonds is 3. The molecule has 3 nitrogen and oxygen atoms in total. The third-order valence-corrected chi connectivity index (χ3v) is 3.69. The van der Waals surface area contributed by atoms with Crippen molar-refractivity contribution in [1.29, 1.82) is 0 Å². The summed E-state index contributed by atoms with van der Waals surface area (Å²) in [6.07, 6.45) is 0.484. The van der Waals surface area contributed by atoms with Crippen LogP contribution in [-0.4, -0.2) is 13.0 Å². The van der Waals surface area contributed by atoms with Gasteiger partial charge in [0, 0.05) is 0 Å². The molecule has 0 spiro atoms. The monoisotopic (exact) mass is 262 g/mol. The van der Waals surface area contributed by atoms with Gasteiger partial charge in [0.25, 0.3) is 10.1 Å². The van der Waals surface area contributed by atoms with Crippen LogP contribution in [0, 0.1) is 6.92 Å². The van der Waals surface area contributed by atoms with Gasteiger partial charge in [-0.15, -0.1) is 0 Å². The van der Waals surface area contributed by atoms with Crippen LogP contribution in [0.3, 0.4) is 0 Å². The van der Waals surface area contributed by atoms with Crippen LogP contribution >= 0.6 is 0 Å². The molecular weight excluding hydrogens is 248 g/mol. The van der Waals surface area contributed by atoms with Crippen molar-refractivity contribution in [2.75, 3.05) is 0 Å². The molecule has 0 aliphatic heterocycles. The second-order valence-electron chi connectivity index (χ2n) is 4.25. The molecule has 0 unspecified atom stereocenters. The summed E-state index contributed by atoms with van der Waals surface area (Å²) in [6, 6.07) is 14.5. The largest absolute Gasteiger partial charge is 0.294 e. The topological polar surface area (TPSA) is 54.4 Å². The van der Waals surface area contributed by atoms with Crippen LogP contribution in [0.25, 0.3) is 0 Å². The molecular formula is C14H14O3S. The van der Waals surface area contributed by atoms with Crippen LogP contribution in [0.2, 0.25) is 0 Å². The number of hydrogen-bond donors (Lipinski definition) is 1. The van der Waals surface area contributed by atoms with Crippen molar-refractivity contribution in [2.45, 2.75) is 18.2 Å². The highest BCUT2D eigenvalue weighted by molar-refractivity contribution is 7.85. The van der Waals surface area contributed by atoms with Crippen molar-refractivity contribution in [3.8, 4) is 0 Å². The van der Waals surface area contributed by atoms with Crippen molar-refractivity contribution < 1.29 is 13.0 Å². The van der Waals surface area contributed by atoms with Gasteiger partial charge in [-0.05, 0) is 30.5 Å². The number of aryl methyl sites for hydroxylation is 1. The second-order valence-corrected chi connectivity index (χ2v) is 5.64. The first-order valence-corrected chi connectivity index (χ1v) is 7.02. The molecule has 2 rings (SSSR count). The van der Waals surface area contributed by atoms with Gasteiger partial charge in [0.05, 0.1) is 4.90 Å². The van der Waals surface area contributed by atoms with Gasteiger partial charge in [-0.2, -0.15) is 8.42 Å².